The minimum absolute atomic E-state index is 0.0268. The van der Waals surface area contributed by atoms with Crippen molar-refractivity contribution >= 4 is 19.7 Å². The minimum atomic E-state index is -4.46. The molecule has 0 fully saturated rings. The third-order valence-electron chi connectivity index (χ3n) is 12.6. The average molecular weight is 1030 g/mol. The standard InChI is InChI=1S/C62H111N2O7P/c1-7-10-13-16-19-22-25-28-30-32-34-37-40-43-46-49-52-55-62(66)71-60(53-50-47-44-41-38-35-27-24-21-18-15-12-9-3)59(58-70-72(67,68)69-57-56-64(4,5)6)63-61(65)54-51-48-45-42-39-36-33-31-29-26-23-20-17-14-11-8-2/h10,13,19,22,28,30-31,33-34,37,43,46,50,53,59-60H,7-9,11-12,14-18,20-21,23-27,29,32,35-36,38-42,44-45,47-49,51-52,54-58H2,1-6H3,(H-,63,65,67,68)/p+1/b13-10-,22-19-,30-28-,33-31+,37-34-,46-43-,53-50+. The van der Waals surface area contributed by atoms with E-state index >= 15 is 0 Å². The van der Waals surface area contributed by atoms with Gasteiger partial charge < -0.3 is 19.4 Å². The maximum absolute atomic E-state index is 13.5. The highest BCUT2D eigenvalue weighted by molar-refractivity contribution is 7.47. The zero-order chi connectivity index (χ0) is 52.9. The molecule has 0 bridgehead atoms. The van der Waals surface area contributed by atoms with Gasteiger partial charge in [-0.2, -0.15) is 0 Å². The molecule has 0 heterocycles. The fraction of sp³-hybridized carbons (Fsp3) is 0.742. The van der Waals surface area contributed by atoms with Gasteiger partial charge in [0.15, 0.2) is 0 Å². The molecule has 0 saturated heterocycles. The van der Waals surface area contributed by atoms with E-state index in [0.717, 1.165) is 96.3 Å². The predicted octanol–water partition coefficient (Wildman–Crippen LogP) is 17.8. The first-order valence-corrected chi connectivity index (χ1v) is 30.9. The number of hydrogen-bond acceptors (Lipinski definition) is 6. The van der Waals surface area contributed by atoms with Gasteiger partial charge in [0.05, 0.1) is 33.8 Å². The number of esters is 1. The van der Waals surface area contributed by atoms with Crippen molar-refractivity contribution in [2.24, 2.45) is 0 Å². The summed E-state index contributed by atoms with van der Waals surface area (Å²) < 4.78 is 30.6. The molecule has 416 valence electrons. The number of unbranched alkanes of at least 4 members (excludes halogenated alkanes) is 24. The molecule has 1 amide bonds. The molecule has 0 aromatic rings. The Morgan fingerprint density at radius 2 is 0.903 bits per heavy atom. The lowest BCUT2D eigenvalue weighted by Crippen LogP contribution is -2.47. The molecule has 0 aliphatic carbocycles. The van der Waals surface area contributed by atoms with Crippen LogP contribution in [-0.4, -0.2) is 74.3 Å². The Morgan fingerprint density at radius 3 is 1.38 bits per heavy atom. The maximum atomic E-state index is 13.5. The number of nitrogens with one attached hydrogen (secondary N) is 1. The molecule has 3 unspecified atom stereocenters. The van der Waals surface area contributed by atoms with Crippen LogP contribution < -0.4 is 5.32 Å². The summed E-state index contributed by atoms with van der Waals surface area (Å²) in [5.41, 5.74) is 0. The molecule has 0 saturated carbocycles. The van der Waals surface area contributed by atoms with Crippen LogP contribution in [0.3, 0.4) is 0 Å². The highest BCUT2D eigenvalue weighted by Gasteiger charge is 2.30. The largest absolute Gasteiger partial charge is 0.472 e. The number of rotatable bonds is 52. The Hall–Kier alpha value is -2.81. The van der Waals surface area contributed by atoms with E-state index in [-0.39, 0.29) is 31.5 Å². The number of allylic oxidation sites excluding steroid dienone is 13. The Bertz CT molecular complexity index is 1510. The molecular weight excluding hydrogens is 916 g/mol. The zero-order valence-electron chi connectivity index (χ0n) is 47.4. The Kier molecular flexibility index (Phi) is 49.6. The number of carbonyl (C=O) groups excluding carboxylic acids is 2. The van der Waals surface area contributed by atoms with Gasteiger partial charge in [0.2, 0.25) is 5.91 Å². The second-order valence-electron chi connectivity index (χ2n) is 20.8. The summed E-state index contributed by atoms with van der Waals surface area (Å²) >= 11 is 0. The number of nitrogens with zero attached hydrogens (tertiary/aromatic N) is 1. The minimum Gasteiger partial charge on any atom is -0.456 e. The molecule has 0 aromatic carbocycles. The summed E-state index contributed by atoms with van der Waals surface area (Å²) in [6.45, 7) is 6.85. The topological polar surface area (TPSA) is 111 Å². The SMILES string of the molecule is CC/C=C\C/C=C\C/C=C\C/C=C\C/C=C\CCCC(=O)OC(/C=C/CCCCCCCCCCCCC)C(COP(=O)(O)OCC[N+](C)(C)C)NC(=O)CCCCCCC/C=C/CCCCCCCCC. The van der Waals surface area contributed by atoms with Gasteiger partial charge in [0, 0.05) is 12.8 Å². The number of phosphoric ester groups is 1. The van der Waals surface area contributed by atoms with Gasteiger partial charge in [0.25, 0.3) is 0 Å². The van der Waals surface area contributed by atoms with Crippen LogP contribution >= 0.6 is 7.82 Å². The average Bonchev–Trinajstić information content (AvgIpc) is 3.34. The first-order chi connectivity index (χ1) is 34.9. The quantitative estimate of drug-likeness (QED) is 0.0205. The van der Waals surface area contributed by atoms with E-state index < -0.39 is 20.0 Å². The van der Waals surface area contributed by atoms with Crippen molar-refractivity contribution in [1.29, 1.82) is 0 Å². The van der Waals surface area contributed by atoms with Crippen molar-refractivity contribution in [2.45, 2.75) is 258 Å². The first kappa shape index (κ1) is 69.2. The predicted molar refractivity (Wildman–Crippen MR) is 309 cm³/mol. The highest BCUT2D eigenvalue weighted by atomic mass is 31.2. The number of quaternary nitrogens is 1. The lowest BCUT2D eigenvalue weighted by Gasteiger charge is -2.27. The lowest BCUT2D eigenvalue weighted by atomic mass is 10.0. The van der Waals surface area contributed by atoms with Crippen LogP contribution in [0.1, 0.15) is 245 Å². The first-order valence-electron chi connectivity index (χ1n) is 29.4. The summed E-state index contributed by atoms with van der Waals surface area (Å²) in [6, 6.07) is -0.878. The molecule has 2 N–H and O–H groups in total. The van der Waals surface area contributed by atoms with E-state index in [0.29, 0.717) is 23.9 Å². The van der Waals surface area contributed by atoms with Gasteiger partial charge in [-0.15, -0.1) is 0 Å². The fourth-order valence-corrected chi connectivity index (χ4v) is 8.76. The number of amides is 1. The molecule has 0 aliphatic rings. The third kappa shape index (κ3) is 52.1. The molecule has 0 rings (SSSR count). The second-order valence-corrected chi connectivity index (χ2v) is 22.2. The molecule has 0 spiro atoms. The number of likely N-dealkylation sites (N-methyl/N-ethyl adjacent to an activating group) is 1. The smallest absolute Gasteiger partial charge is 0.456 e. The van der Waals surface area contributed by atoms with Gasteiger partial charge in [-0.1, -0.05) is 222 Å². The van der Waals surface area contributed by atoms with E-state index in [4.69, 9.17) is 13.8 Å². The monoisotopic (exact) mass is 1030 g/mol. The molecule has 0 aliphatic heterocycles. The molecular formula is C62H112N2O7P+. The highest BCUT2D eigenvalue weighted by Crippen LogP contribution is 2.43. The fourth-order valence-electron chi connectivity index (χ4n) is 8.03. The van der Waals surface area contributed by atoms with Gasteiger partial charge in [-0.25, -0.2) is 4.57 Å². The maximum Gasteiger partial charge on any atom is 0.472 e. The lowest BCUT2D eigenvalue weighted by molar-refractivity contribution is -0.870. The van der Waals surface area contributed by atoms with Crippen LogP contribution in [0.25, 0.3) is 0 Å². The van der Waals surface area contributed by atoms with E-state index in [2.05, 4.69) is 99.0 Å². The molecule has 3 atom stereocenters. The number of carbonyl (C=O) groups is 2. The number of hydrogen-bond donors (Lipinski definition) is 2. The van der Waals surface area contributed by atoms with E-state index in [1.165, 1.54) is 109 Å². The van der Waals surface area contributed by atoms with Crippen LogP contribution in [0.2, 0.25) is 0 Å². The third-order valence-corrected chi connectivity index (χ3v) is 13.6. The van der Waals surface area contributed by atoms with Gasteiger partial charge in [-0.3, -0.25) is 18.6 Å². The van der Waals surface area contributed by atoms with Crippen molar-refractivity contribution in [3.8, 4) is 0 Å². The van der Waals surface area contributed by atoms with E-state index in [1.807, 2.05) is 33.3 Å². The Balaban J connectivity index is 5.46. The summed E-state index contributed by atoms with van der Waals surface area (Å²) in [5.74, 6) is -0.584. The Labute approximate surface area is 444 Å². The van der Waals surface area contributed by atoms with Crippen LogP contribution in [-0.2, 0) is 27.9 Å². The van der Waals surface area contributed by atoms with Gasteiger partial charge in [0.1, 0.15) is 19.3 Å². The van der Waals surface area contributed by atoms with E-state index in [1.54, 1.807) is 0 Å². The van der Waals surface area contributed by atoms with Crippen molar-refractivity contribution in [1.82, 2.24) is 5.32 Å². The zero-order valence-corrected chi connectivity index (χ0v) is 48.3. The normalized spacial score (nSPS) is 14.4. The summed E-state index contributed by atoms with van der Waals surface area (Å²) in [6.07, 6.45) is 67.3. The number of ether oxygens (including phenoxy) is 1. The van der Waals surface area contributed by atoms with E-state index in [9.17, 15) is 19.0 Å². The van der Waals surface area contributed by atoms with Gasteiger partial charge >= 0.3 is 13.8 Å². The van der Waals surface area contributed by atoms with Crippen LogP contribution in [0, 0.1) is 0 Å². The molecule has 9 nitrogen and oxygen atoms in total. The van der Waals surface area contributed by atoms with Crippen LogP contribution in [0.5, 0.6) is 0 Å². The van der Waals surface area contributed by atoms with Crippen molar-refractivity contribution in [3.63, 3.8) is 0 Å². The number of phosphoric acid groups is 1. The van der Waals surface area contributed by atoms with Crippen molar-refractivity contribution in [2.75, 3.05) is 40.9 Å². The van der Waals surface area contributed by atoms with Crippen molar-refractivity contribution in [3.05, 3.63) is 85.1 Å². The summed E-state index contributed by atoms with van der Waals surface area (Å²) in [5, 5.41) is 3.03. The van der Waals surface area contributed by atoms with Gasteiger partial charge in [-0.05, 0) is 96.0 Å². The molecule has 72 heavy (non-hydrogen) atoms. The Morgan fingerprint density at radius 1 is 0.500 bits per heavy atom. The molecule has 0 radical (unpaired) electrons. The molecule has 10 heteroatoms. The second kappa shape index (κ2) is 51.7. The summed E-state index contributed by atoms with van der Waals surface area (Å²) in [7, 11) is 1.45. The van der Waals surface area contributed by atoms with Crippen LogP contribution in [0.4, 0.5) is 0 Å². The summed E-state index contributed by atoms with van der Waals surface area (Å²) in [4.78, 5) is 37.6. The van der Waals surface area contributed by atoms with Crippen molar-refractivity contribution < 1.29 is 37.3 Å². The van der Waals surface area contributed by atoms with Crippen LogP contribution in [0.15, 0.2) is 85.1 Å². The molecule has 0 aromatic heterocycles.